The second-order valence-electron chi connectivity index (χ2n) is 10.1. The van der Waals surface area contributed by atoms with Gasteiger partial charge in [-0.2, -0.15) is 13.2 Å². The number of nitrogens with one attached hydrogen (secondary N) is 1. The Bertz CT molecular complexity index is 1450. The van der Waals surface area contributed by atoms with Gasteiger partial charge in [-0.15, -0.1) is 0 Å². The molecular weight excluding hydrogens is 547 g/mol. The van der Waals surface area contributed by atoms with Crippen molar-refractivity contribution < 1.29 is 36.2 Å². The number of hydrogen-bond acceptors (Lipinski definition) is 7. The summed E-state index contributed by atoms with van der Waals surface area (Å²) < 4.78 is 68.9. The molecule has 1 atom stereocenters. The van der Waals surface area contributed by atoms with Gasteiger partial charge >= 0.3 is 6.18 Å². The molecule has 1 aliphatic carbocycles. The second-order valence-corrected chi connectivity index (χ2v) is 12.4. The van der Waals surface area contributed by atoms with Crippen LogP contribution in [0.4, 0.5) is 13.2 Å². The average molecular weight is 580 g/mol. The minimum Gasteiger partial charge on any atom is -0.477 e. The molecule has 1 aliphatic rings. The standard InChI is InChI=1S/C28H32F3N3O5S/c1-3-40(37,38)22-9-11-24(32-14-22)25(15-35)34-26(36)19-6-10-23-20(13-19)12-17(2)33-27(23)39-16-18-4-7-21(8-5-18)28(29,30)31/h6,9-14,18,21,25,35H,3-5,7-8,15-16H2,1-2H3,(H,34,36)/t18-,21-,25?. The monoisotopic (exact) mass is 579 g/mol. The number of halogens is 3. The number of aliphatic hydroxyl groups excluding tert-OH is 1. The molecule has 3 aromatic rings. The van der Waals surface area contributed by atoms with Crippen LogP contribution in [-0.4, -0.2) is 54.5 Å². The summed E-state index contributed by atoms with van der Waals surface area (Å²) in [6.45, 7) is 3.13. The number of aromatic nitrogens is 2. The number of carbonyl (C=O) groups excluding carboxylic acids is 1. The van der Waals surface area contributed by atoms with Gasteiger partial charge in [0.1, 0.15) is 0 Å². The van der Waals surface area contributed by atoms with Crippen LogP contribution in [0.25, 0.3) is 10.8 Å². The lowest BCUT2D eigenvalue weighted by molar-refractivity contribution is -0.184. The first-order chi connectivity index (χ1) is 18.9. The van der Waals surface area contributed by atoms with Gasteiger partial charge in [0.25, 0.3) is 5.91 Å². The molecule has 1 aromatic carbocycles. The third-order valence-electron chi connectivity index (χ3n) is 7.30. The zero-order valence-electron chi connectivity index (χ0n) is 22.2. The highest BCUT2D eigenvalue weighted by atomic mass is 32.2. The number of carbonyl (C=O) groups is 1. The third-order valence-corrected chi connectivity index (χ3v) is 9.01. The van der Waals surface area contributed by atoms with Crippen LogP contribution in [0.15, 0.2) is 47.5 Å². The molecule has 0 radical (unpaired) electrons. The largest absolute Gasteiger partial charge is 0.477 e. The first kappa shape index (κ1) is 29.7. The molecule has 8 nitrogen and oxygen atoms in total. The van der Waals surface area contributed by atoms with Crippen LogP contribution in [0.2, 0.25) is 0 Å². The lowest BCUT2D eigenvalue weighted by Gasteiger charge is -2.29. The zero-order chi connectivity index (χ0) is 29.1. The number of aryl methyl sites for hydroxylation is 1. The van der Waals surface area contributed by atoms with Crippen LogP contribution < -0.4 is 10.1 Å². The maximum absolute atomic E-state index is 13.0. The topological polar surface area (TPSA) is 118 Å². The van der Waals surface area contributed by atoms with Crippen molar-refractivity contribution in [2.75, 3.05) is 19.0 Å². The molecule has 1 fully saturated rings. The average Bonchev–Trinajstić information content (AvgIpc) is 2.93. The summed E-state index contributed by atoms with van der Waals surface area (Å²) in [4.78, 5) is 21.7. The van der Waals surface area contributed by atoms with E-state index in [0.717, 1.165) is 0 Å². The molecule has 4 rings (SSSR count). The van der Waals surface area contributed by atoms with Crippen molar-refractivity contribution in [3.8, 4) is 5.88 Å². The molecule has 0 saturated heterocycles. The Hall–Kier alpha value is -3.25. The zero-order valence-corrected chi connectivity index (χ0v) is 23.1. The molecule has 2 heterocycles. The van der Waals surface area contributed by atoms with Gasteiger partial charge in [-0.3, -0.25) is 9.78 Å². The van der Waals surface area contributed by atoms with E-state index in [4.69, 9.17) is 4.74 Å². The summed E-state index contributed by atoms with van der Waals surface area (Å²) in [6.07, 6.45) is -1.86. The Labute approximate surface area is 230 Å². The van der Waals surface area contributed by atoms with Crippen molar-refractivity contribution in [2.45, 2.75) is 56.6 Å². The third kappa shape index (κ3) is 6.90. The quantitative estimate of drug-likeness (QED) is 0.369. The maximum Gasteiger partial charge on any atom is 0.391 e. The first-order valence-electron chi connectivity index (χ1n) is 13.1. The van der Waals surface area contributed by atoms with Crippen molar-refractivity contribution in [3.63, 3.8) is 0 Å². The Morgan fingerprint density at radius 3 is 2.48 bits per heavy atom. The van der Waals surface area contributed by atoms with E-state index >= 15 is 0 Å². The predicted molar refractivity (Wildman–Crippen MR) is 143 cm³/mol. The van der Waals surface area contributed by atoms with Crippen LogP contribution in [-0.2, 0) is 9.84 Å². The molecule has 2 aromatic heterocycles. The van der Waals surface area contributed by atoms with Gasteiger partial charge < -0.3 is 15.2 Å². The summed E-state index contributed by atoms with van der Waals surface area (Å²) in [5.41, 5.74) is 1.28. The number of rotatable bonds is 9. The van der Waals surface area contributed by atoms with Gasteiger partial charge in [0.05, 0.1) is 41.5 Å². The predicted octanol–water partition coefficient (Wildman–Crippen LogP) is 4.94. The smallest absolute Gasteiger partial charge is 0.391 e. The number of ether oxygens (including phenoxy) is 1. The summed E-state index contributed by atoms with van der Waals surface area (Å²) in [5.74, 6) is -1.41. The Kier molecular flexibility index (Phi) is 8.99. The van der Waals surface area contributed by atoms with Gasteiger partial charge in [0.15, 0.2) is 9.84 Å². The van der Waals surface area contributed by atoms with E-state index in [0.29, 0.717) is 46.4 Å². The summed E-state index contributed by atoms with van der Waals surface area (Å²) in [6, 6.07) is 8.75. The lowest BCUT2D eigenvalue weighted by Crippen LogP contribution is -2.31. The molecular formula is C28H32F3N3O5S. The molecule has 1 saturated carbocycles. The van der Waals surface area contributed by atoms with E-state index in [9.17, 15) is 31.5 Å². The van der Waals surface area contributed by atoms with E-state index < -0.39 is 40.5 Å². The Balaban J connectivity index is 1.45. The van der Waals surface area contributed by atoms with Crippen LogP contribution >= 0.6 is 0 Å². The van der Waals surface area contributed by atoms with Gasteiger partial charge in [0, 0.05) is 22.8 Å². The fourth-order valence-electron chi connectivity index (χ4n) is 4.86. The Morgan fingerprint density at radius 2 is 1.88 bits per heavy atom. The fourth-order valence-corrected chi connectivity index (χ4v) is 5.68. The van der Waals surface area contributed by atoms with Crippen molar-refractivity contribution in [1.29, 1.82) is 0 Å². The van der Waals surface area contributed by atoms with E-state index in [1.165, 1.54) is 25.3 Å². The first-order valence-corrected chi connectivity index (χ1v) is 14.8. The van der Waals surface area contributed by atoms with Gasteiger partial charge in [0.2, 0.25) is 5.88 Å². The van der Waals surface area contributed by atoms with Crippen molar-refractivity contribution >= 4 is 26.5 Å². The van der Waals surface area contributed by atoms with Crippen molar-refractivity contribution in [3.05, 3.63) is 59.5 Å². The number of hydrogen-bond donors (Lipinski definition) is 2. The maximum atomic E-state index is 13.0. The molecule has 1 amide bonds. The van der Waals surface area contributed by atoms with Crippen LogP contribution in [0.5, 0.6) is 5.88 Å². The number of nitrogens with zero attached hydrogens (tertiary/aromatic N) is 2. The molecule has 0 aliphatic heterocycles. The summed E-state index contributed by atoms with van der Waals surface area (Å²) in [7, 11) is -3.43. The van der Waals surface area contributed by atoms with Crippen LogP contribution in [0, 0.1) is 18.8 Å². The highest BCUT2D eigenvalue weighted by Gasteiger charge is 2.41. The molecule has 1 unspecified atom stereocenters. The molecule has 0 spiro atoms. The number of amides is 1. The normalized spacial score (nSPS) is 18.9. The molecule has 2 N–H and O–H groups in total. The Morgan fingerprint density at radius 1 is 1.15 bits per heavy atom. The highest BCUT2D eigenvalue weighted by Crippen LogP contribution is 2.39. The van der Waals surface area contributed by atoms with E-state index in [2.05, 4.69) is 15.3 Å². The van der Waals surface area contributed by atoms with Crippen LogP contribution in [0.3, 0.4) is 0 Å². The minimum absolute atomic E-state index is 0.0150. The lowest BCUT2D eigenvalue weighted by atomic mass is 9.82. The second kappa shape index (κ2) is 12.1. The number of fused-ring (bicyclic) bond motifs is 1. The number of sulfone groups is 1. The van der Waals surface area contributed by atoms with E-state index in [-0.39, 0.29) is 36.0 Å². The number of alkyl halides is 3. The summed E-state index contributed by atoms with van der Waals surface area (Å²) >= 11 is 0. The van der Waals surface area contributed by atoms with Gasteiger partial charge in [-0.05, 0) is 80.3 Å². The highest BCUT2D eigenvalue weighted by molar-refractivity contribution is 7.91. The summed E-state index contributed by atoms with van der Waals surface area (Å²) in [5, 5.41) is 13.9. The molecule has 216 valence electrons. The van der Waals surface area contributed by atoms with Gasteiger partial charge in [-0.1, -0.05) is 6.92 Å². The number of pyridine rings is 2. The SMILES string of the molecule is CCS(=O)(=O)c1ccc(C(CO)NC(=O)c2ccc3c(OC[C@H]4CC[C@H](C(F)(F)F)CC4)nc(C)cc3c2)nc1. The molecule has 40 heavy (non-hydrogen) atoms. The van der Waals surface area contributed by atoms with E-state index in [1.54, 1.807) is 31.2 Å². The number of aliphatic hydroxyl groups is 1. The van der Waals surface area contributed by atoms with Crippen molar-refractivity contribution in [1.82, 2.24) is 15.3 Å². The molecule has 12 heteroatoms. The van der Waals surface area contributed by atoms with Crippen molar-refractivity contribution in [2.24, 2.45) is 11.8 Å². The minimum atomic E-state index is -4.15. The van der Waals surface area contributed by atoms with Crippen LogP contribution in [0.1, 0.15) is 60.4 Å². The fraction of sp³-hybridized carbons (Fsp3) is 0.464. The molecule has 0 bridgehead atoms. The number of benzene rings is 1. The van der Waals surface area contributed by atoms with E-state index in [1.807, 2.05) is 0 Å². The van der Waals surface area contributed by atoms with Gasteiger partial charge in [-0.25, -0.2) is 13.4 Å².